The molecule has 0 aromatic heterocycles. The topological polar surface area (TPSA) is 54.5 Å². The van der Waals surface area contributed by atoms with Gasteiger partial charge in [-0.05, 0) is 42.9 Å². The lowest BCUT2D eigenvalue weighted by Crippen LogP contribution is -2.41. The van der Waals surface area contributed by atoms with Crippen LogP contribution >= 0.6 is 0 Å². The number of amides is 1. The monoisotopic (exact) mass is 337 g/mol. The fourth-order valence-corrected chi connectivity index (χ4v) is 4.90. The van der Waals surface area contributed by atoms with Crippen molar-refractivity contribution in [1.82, 2.24) is 4.90 Å². The number of likely N-dealkylation sites (N-methyl/N-ethyl adjacent to an activating group) is 1. The van der Waals surface area contributed by atoms with E-state index in [0.717, 1.165) is 11.1 Å². The van der Waals surface area contributed by atoms with Crippen LogP contribution in [0, 0.1) is 6.92 Å². The molecule has 0 N–H and O–H groups in total. The van der Waals surface area contributed by atoms with Crippen LogP contribution in [0.25, 0.3) is 0 Å². The van der Waals surface area contributed by atoms with Crippen LogP contribution in [0.15, 0.2) is 18.2 Å². The molecular weight excluding hydrogens is 310 g/mol. The van der Waals surface area contributed by atoms with Crippen molar-refractivity contribution in [2.45, 2.75) is 52.5 Å². The number of benzene rings is 1. The molecule has 1 aliphatic heterocycles. The van der Waals surface area contributed by atoms with Crippen molar-refractivity contribution in [2.75, 3.05) is 18.1 Å². The normalized spacial score (nSPS) is 20.0. The summed E-state index contributed by atoms with van der Waals surface area (Å²) in [6.07, 6.45) is 0.906. The number of rotatable bonds is 5. The molecule has 1 saturated heterocycles. The van der Waals surface area contributed by atoms with Crippen LogP contribution in [0.2, 0.25) is 0 Å². The molecular formula is C18H27NO3S. The molecule has 1 atom stereocenters. The van der Waals surface area contributed by atoms with Gasteiger partial charge in [-0.15, -0.1) is 0 Å². The van der Waals surface area contributed by atoms with Gasteiger partial charge in [-0.3, -0.25) is 4.79 Å². The van der Waals surface area contributed by atoms with E-state index in [0.29, 0.717) is 25.3 Å². The van der Waals surface area contributed by atoms with Gasteiger partial charge in [-0.25, -0.2) is 8.42 Å². The Morgan fingerprint density at radius 3 is 2.57 bits per heavy atom. The molecule has 1 unspecified atom stereocenters. The predicted octanol–water partition coefficient (Wildman–Crippen LogP) is 2.70. The molecule has 0 bridgehead atoms. The van der Waals surface area contributed by atoms with E-state index < -0.39 is 9.84 Å². The van der Waals surface area contributed by atoms with Crippen molar-refractivity contribution in [3.8, 4) is 0 Å². The predicted molar refractivity (Wildman–Crippen MR) is 93.4 cm³/mol. The van der Waals surface area contributed by atoms with Crippen LogP contribution in [0.4, 0.5) is 0 Å². The van der Waals surface area contributed by atoms with Gasteiger partial charge in [0.05, 0.1) is 17.9 Å². The minimum atomic E-state index is -2.98. The lowest BCUT2D eigenvalue weighted by atomic mass is 9.96. The van der Waals surface area contributed by atoms with Gasteiger partial charge in [0.15, 0.2) is 9.84 Å². The largest absolute Gasteiger partial charge is 0.339 e. The minimum absolute atomic E-state index is 0.0265. The highest BCUT2D eigenvalue weighted by Crippen LogP contribution is 2.22. The maximum atomic E-state index is 12.7. The van der Waals surface area contributed by atoms with Crippen LogP contribution in [-0.2, 0) is 21.1 Å². The Bertz CT molecular complexity index is 680. The highest BCUT2D eigenvalue weighted by molar-refractivity contribution is 7.91. The second kappa shape index (κ2) is 7.04. The number of carbonyl (C=O) groups excluding carboxylic acids is 1. The maximum Gasteiger partial charge on any atom is 0.227 e. The number of hydrogen-bond acceptors (Lipinski definition) is 3. The average molecular weight is 337 g/mol. The third kappa shape index (κ3) is 4.34. The number of nitrogens with zero attached hydrogens (tertiary/aromatic N) is 1. The van der Waals surface area contributed by atoms with Gasteiger partial charge in [0.1, 0.15) is 0 Å². The van der Waals surface area contributed by atoms with E-state index >= 15 is 0 Å². The summed E-state index contributed by atoms with van der Waals surface area (Å²) in [7, 11) is -2.98. The van der Waals surface area contributed by atoms with Crippen LogP contribution in [0.3, 0.4) is 0 Å². The summed E-state index contributed by atoms with van der Waals surface area (Å²) >= 11 is 0. The van der Waals surface area contributed by atoms with Gasteiger partial charge in [0, 0.05) is 12.6 Å². The van der Waals surface area contributed by atoms with E-state index in [-0.39, 0.29) is 23.5 Å². The summed E-state index contributed by atoms with van der Waals surface area (Å²) in [5, 5.41) is 0. The summed E-state index contributed by atoms with van der Waals surface area (Å²) in [4.78, 5) is 14.4. The molecule has 1 aromatic carbocycles. The van der Waals surface area contributed by atoms with Crippen molar-refractivity contribution in [3.63, 3.8) is 0 Å². The molecule has 0 radical (unpaired) electrons. The Kier molecular flexibility index (Phi) is 5.50. The fourth-order valence-electron chi connectivity index (χ4n) is 3.16. The molecule has 1 heterocycles. The molecule has 23 heavy (non-hydrogen) atoms. The van der Waals surface area contributed by atoms with Crippen molar-refractivity contribution in [1.29, 1.82) is 0 Å². The Labute approximate surface area is 139 Å². The summed E-state index contributed by atoms with van der Waals surface area (Å²) < 4.78 is 23.4. The van der Waals surface area contributed by atoms with Crippen LogP contribution in [0.5, 0.6) is 0 Å². The molecule has 128 valence electrons. The van der Waals surface area contributed by atoms with E-state index in [2.05, 4.69) is 32.0 Å². The van der Waals surface area contributed by atoms with E-state index in [4.69, 9.17) is 0 Å². The summed E-state index contributed by atoms with van der Waals surface area (Å²) in [6.45, 7) is 8.77. The Morgan fingerprint density at radius 1 is 1.35 bits per heavy atom. The van der Waals surface area contributed by atoms with E-state index in [1.165, 1.54) is 5.56 Å². The standard InChI is InChI=1S/C18H27NO3S/c1-5-19(17-8-9-23(21,22)12-17)18(20)11-16-10-15(13(2)3)7-6-14(16)4/h6-7,10,13,17H,5,8-9,11-12H2,1-4H3. The Morgan fingerprint density at radius 2 is 2.04 bits per heavy atom. The quantitative estimate of drug-likeness (QED) is 0.830. The van der Waals surface area contributed by atoms with Crippen molar-refractivity contribution in [3.05, 3.63) is 34.9 Å². The lowest BCUT2D eigenvalue weighted by Gasteiger charge is -2.27. The highest BCUT2D eigenvalue weighted by Gasteiger charge is 2.33. The SMILES string of the molecule is CCN(C(=O)Cc1cc(C(C)C)ccc1C)C1CCS(=O)(=O)C1. The summed E-state index contributed by atoms with van der Waals surface area (Å²) in [5.41, 5.74) is 3.38. The second-order valence-corrected chi connectivity index (χ2v) is 8.98. The van der Waals surface area contributed by atoms with E-state index in [1.54, 1.807) is 4.90 Å². The van der Waals surface area contributed by atoms with E-state index in [9.17, 15) is 13.2 Å². The van der Waals surface area contributed by atoms with Gasteiger partial charge in [-0.1, -0.05) is 32.0 Å². The highest BCUT2D eigenvalue weighted by atomic mass is 32.2. The molecule has 1 aromatic rings. The summed E-state index contributed by atoms with van der Waals surface area (Å²) in [6, 6.07) is 6.12. The molecule has 1 fully saturated rings. The third-order valence-corrected chi connectivity index (χ3v) is 6.44. The molecule has 4 nitrogen and oxygen atoms in total. The number of hydrogen-bond donors (Lipinski definition) is 0. The molecule has 2 rings (SSSR count). The number of sulfone groups is 1. The zero-order valence-corrected chi connectivity index (χ0v) is 15.3. The van der Waals surface area contributed by atoms with Crippen molar-refractivity contribution < 1.29 is 13.2 Å². The zero-order chi connectivity index (χ0) is 17.2. The molecule has 0 spiro atoms. The lowest BCUT2D eigenvalue weighted by molar-refractivity contribution is -0.132. The first-order valence-corrected chi connectivity index (χ1v) is 10.1. The van der Waals surface area contributed by atoms with E-state index in [1.807, 2.05) is 13.8 Å². The third-order valence-electron chi connectivity index (χ3n) is 4.69. The van der Waals surface area contributed by atoms with Crippen molar-refractivity contribution in [2.24, 2.45) is 0 Å². The molecule has 0 saturated carbocycles. The summed E-state index contributed by atoms with van der Waals surface area (Å²) in [5.74, 6) is 0.756. The molecule has 1 amide bonds. The first kappa shape index (κ1) is 18.0. The minimum Gasteiger partial charge on any atom is -0.339 e. The molecule has 5 heteroatoms. The van der Waals surface area contributed by atoms with Crippen LogP contribution < -0.4 is 0 Å². The number of aryl methyl sites for hydroxylation is 1. The maximum absolute atomic E-state index is 12.7. The average Bonchev–Trinajstić information content (AvgIpc) is 2.81. The first-order valence-electron chi connectivity index (χ1n) is 8.32. The van der Waals surface area contributed by atoms with Gasteiger partial charge < -0.3 is 4.90 Å². The van der Waals surface area contributed by atoms with Crippen LogP contribution in [0.1, 0.15) is 49.8 Å². The second-order valence-electron chi connectivity index (χ2n) is 6.75. The molecule has 1 aliphatic rings. The molecule has 0 aliphatic carbocycles. The first-order chi connectivity index (χ1) is 10.7. The number of carbonyl (C=O) groups is 1. The van der Waals surface area contributed by atoms with Crippen molar-refractivity contribution >= 4 is 15.7 Å². The van der Waals surface area contributed by atoms with Crippen LogP contribution in [-0.4, -0.2) is 43.3 Å². The fraction of sp³-hybridized carbons (Fsp3) is 0.611. The van der Waals surface area contributed by atoms with Gasteiger partial charge in [-0.2, -0.15) is 0 Å². The smallest absolute Gasteiger partial charge is 0.227 e. The van der Waals surface area contributed by atoms with Gasteiger partial charge in [0.25, 0.3) is 0 Å². The van der Waals surface area contributed by atoms with Gasteiger partial charge in [0.2, 0.25) is 5.91 Å². The Balaban J connectivity index is 2.15. The van der Waals surface area contributed by atoms with Gasteiger partial charge >= 0.3 is 0 Å². The Hall–Kier alpha value is -1.36. The zero-order valence-electron chi connectivity index (χ0n) is 14.5.